The van der Waals surface area contributed by atoms with Gasteiger partial charge in [-0.1, -0.05) is 0 Å². The van der Waals surface area contributed by atoms with E-state index in [1.165, 1.54) is 11.3 Å². The molecule has 4 nitrogen and oxygen atoms in total. The Bertz CT molecular complexity index is 547. The summed E-state index contributed by atoms with van der Waals surface area (Å²) in [6.45, 7) is 4.73. The number of hydrogen-bond donors (Lipinski definition) is 0. The number of ether oxygens (including phenoxy) is 1. The number of nitrogens with zero attached hydrogens (tertiary/aromatic N) is 1. The van der Waals surface area contributed by atoms with Crippen molar-refractivity contribution in [3.05, 3.63) is 15.4 Å². The van der Waals surface area contributed by atoms with Gasteiger partial charge >= 0.3 is 0 Å². The van der Waals surface area contributed by atoms with Gasteiger partial charge in [-0.3, -0.25) is 0 Å². The molecule has 0 spiro atoms. The van der Waals surface area contributed by atoms with Gasteiger partial charge < -0.3 is 4.74 Å². The van der Waals surface area contributed by atoms with Crippen LogP contribution in [0.3, 0.4) is 0 Å². The lowest BCUT2D eigenvalue weighted by atomic mass is 10.2. The lowest BCUT2D eigenvalue weighted by Crippen LogP contribution is -2.41. The number of hydrogen-bond acceptors (Lipinski definition) is 4. The van der Waals surface area contributed by atoms with Gasteiger partial charge in [0.25, 0.3) is 10.0 Å². The lowest BCUT2D eigenvalue weighted by Gasteiger charge is -2.27. The third kappa shape index (κ3) is 3.44. The fourth-order valence-electron chi connectivity index (χ4n) is 2.21. The summed E-state index contributed by atoms with van der Waals surface area (Å²) in [6, 6.07) is 1.78. The Morgan fingerprint density at radius 2 is 2.20 bits per heavy atom. The van der Waals surface area contributed by atoms with Gasteiger partial charge in [-0.05, 0) is 60.2 Å². The van der Waals surface area contributed by atoms with Crippen LogP contribution in [-0.4, -0.2) is 39.0 Å². The third-order valence-electron chi connectivity index (χ3n) is 3.67. The van der Waals surface area contributed by atoms with E-state index in [1.54, 1.807) is 17.5 Å². The molecule has 0 radical (unpaired) electrons. The molecule has 0 N–H and O–H groups in total. The van der Waals surface area contributed by atoms with Gasteiger partial charge in [-0.15, -0.1) is 11.3 Å². The highest BCUT2D eigenvalue weighted by atomic mass is 79.9. The maximum Gasteiger partial charge on any atom is 0.252 e. The van der Waals surface area contributed by atoms with E-state index in [4.69, 9.17) is 4.74 Å². The monoisotopic (exact) mass is 381 g/mol. The topological polar surface area (TPSA) is 46.6 Å². The predicted octanol–water partition coefficient (Wildman–Crippen LogP) is 3.25. The van der Waals surface area contributed by atoms with Gasteiger partial charge in [0.1, 0.15) is 4.21 Å². The van der Waals surface area contributed by atoms with Crippen LogP contribution in [0.1, 0.15) is 25.3 Å². The predicted molar refractivity (Wildman–Crippen MR) is 84.7 cm³/mol. The van der Waals surface area contributed by atoms with E-state index in [0.717, 1.165) is 22.2 Å². The van der Waals surface area contributed by atoms with E-state index in [1.807, 2.05) is 13.8 Å². The summed E-state index contributed by atoms with van der Waals surface area (Å²) in [6.07, 6.45) is 2.24. The average molecular weight is 382 g/mol. The summed E-state index contributed by atoms with van der Waals surface area (Å²) in [5, 5.41) is 0. The van der Waals surface area contributed by atoms with E-state index >= 15 is 0 Å². The van der Waals surface area contributed by atoms with E-state index in [-0.39, 0.29) is 6.04 Å². The minimum absolute atomic E-state index is 0.0383. The maximum absolute atomic E-state index is 12.8. The van der Waals surface area contributed by atoms with Crippen LogP contribution in [0.4, 0.5) is 0 Å². The number of rotatable bonds is 7. The van der Waals surface area contributed by atoms with Crippen LogP contribution in [0.5, 0.6) is 0 Å². The largest absolute Gasteiger partial charge is 0.383 e. The van der Waals surface area contributed by atoms with E-state index in [2.05, 4.69) is 15.9 Å². The molecule has 1 aliphatic carbocycles. The Balaban J connectivity index is 2.29. The number of methoxy groups -OCH3 is 1. The first-order valence-electron chi connectivity index (χ1n) is 6.64. The first kappa shape index (κ1) is 16.4. The molecule has 1 aromatic heterocycles. The third-order valence-corrected chi connectivity index (χ3v) is 8.24. The minimum atomic E-state index is -3.44. The van der Waals surface area contributed by atoms with E-state index in [9.17, 15) is 8.42 Å². The molecule has 0 aromatic carbocycles. The molecular weight excluding hydrogens is 362 g/mol. The van der Waals surface area contributed by atoms with Crippen LogP contribution in [0.25, 0.3) is 0 Å². The molecule has 0 bridgehead atoms. The molecule has 1 atom stereocenters. The van der Waals surface area contributed by atoms with Crippen LogP contribution in [0.2, 0.25) is 0 Å². The SMILES string of the molecule is COCCN(C(C)C1CC1)S(=O)(=O)c1cc(C)c(Br)s1. The van der Waals surface area contributed by atoms with Gasteiger partial charge in [0, 0.05) is 19.7 Å². The Hall–Kier alpha value is 0.0500. The minimum Gasteiger partial charge on any atom is -0.383 e. The van der Waals surface area contributed by atoms with Gasteiger partial charge in [-0.25, -0.2) is 8.42 Å². The van der Waals surface area contributed by atoms with Crippen molar-refractivity contribution in [2.24, 2.45) is 5.92 Å². The highest BCUT2D eigenvalue weighted by Crippen LogP contribution is 2.39. The molecule has 0 amide bonds. The summed E-state index contributed by atoms with van der Waals surface area (Å²) in [4.78, 5) is 0. The van der Waals surface area contributed by atoms with Gasteiger partial charge in [0.2, 0.25) is 0 Å². The fraction of sp³-hybridized carbons (Fsp3) is 0.692. The molecule has 7 heteroatoms. The number of halogens is 1. The zero-order valence-corrected chi connectivity index (χ0v) is 15.1. The molecule has 0 aliphatic heterocycles. The molecule has 114 valence electrons. The van der Waals surface area contributed by atoms with Crippen LogP contribution in [0, 0.1) is 12.8 Å². The molecule has 1 saturated carbocycles. The van der Waals surface area contributed by atoms with Crippen molar-refractivity contribution >= 4 is 37.3 Å². The number of thiophene rings is 1. The van der Waals surface area contributed by atoms with Crippen molar-refractivity contribution in [2.45, 2.75) is 36.9 Å². The van der Waals surface area contributed by atoms with Crippen LogP contribution >= 0.6 is 27.3 Å². The van der Waals surface area contributed by atoms with Crippen molar-refractivity contribution in [1.82, 2.24) is 4.31 Å². The van der Waals surface area contributed by atoms with E-state index < -0.39 is 10.0 Å². The molecule has 0 saturated heterocycles. The highest BCUT2D eigenvalue weighted by molar-refractivity contribution is 9.11. The van der Waals surface area contributed by atoms with Crippen molar-refractivity contribution in [3.63, 3.8) is 0 Å². The molecular formula is C13H20BrNO3S2. The molecule has 1 unspecified atom stereocenters. The lowest BCUT2D eigenvalue weighted by molar-refractivity contribution is 0.164. The number of sulfonamides is 1. The number of aryl methyl sites for hydroxylation is 1. The summed E-state index contributed by atoms with van der Waals surface area (Å²) >= 11 is 4.68. The maximum atomic E-state index is 12.8. The quantitative estimate of drug-likeness (QED) is 0.727. The second-order valence-corrected chi connectivity index (χ2v) is 9.70. The summed E-state index contributed by atoms with van der Waals surface area (Å²) in [7, 11) is -1.84. The van der Waals surface area contributed by atoms with Gasteiger partial charge in [0.15, 0.2) is 0 Å². The summed E-state index contributed by atoms with van der Waals surface area (Å²) in [5.41, 5.74) is 0.958. The Kier molecular flexibility index (Phi) is 5.29. The Morgan fingerprint density at radius 1 is 1.55 bits per heavy atom. The first-order valence-corrected chi connectivity index (χ1v) is 9.69. The zero-order valence-electron chi connectivity index (χ0n) is 11.9. The van der Waals surface area contributed by atoms with Crippen molar-refractivity contribution in [3.8, 4) is 0 Å². The summed E-state index contributed by atoms with van der Waals surface area (Å²) < 4.78 is 33.6. The fourth-order valence-corrected chi connectivity index (χ4v) is 6.24. The highest BCUT2D eigenvalue weighted by Gasteiger charge is 2.38. The van der Waals surface area contributed by atoms with Crippen molar-refractivity contribution in [2.75, 3.05) is 20.3 Å². The zero-order chi connectivity index (χ0) is 14.9. The Morgan fingerprint density at radius 3 is 2.65 bits per heavy atom. The van der Waals surface area contributed by atoms with E-state index in [0.29, 0.717) is 23.3 Å². The standard InChI is InChI=1S/C13H20BrNO3S2/c1-9-8-12(19-13(9)14)20(16,17)15(6-7-18-3)10(2)11-4-5-11/h8,10-11H,4-7H2,1-3H3. The van der Waals surface area contributed by atoms with Gasteiger partial charge in [-0.2, -0.15) is 4.31 Å². The Labute approximate surface area is 133 Å². The second kappa shape index (κ2) is 6.44. The van der Waals surface area contributed by atoms with Crippen molar-refractivity contribution < 1.29 is 13.2 Å². The van der Waals surface area contributed by atoms with Crippen LogP contribution in [0.15, 0.2) is 14.1 Å². The van der Waals surface area contributed by atoms with Gasteiger partial charge in [0.05, 0.1) is 10.4 Å². The second-order valence-electron chi connectivity index (χ2n) is 5.21. The molecule has 1 aliphatic rings. The van der Waals surface area contributed by atoms with Crippen LogP contribution in [-0.2, 0) is 14.8 Å². The molecule has 1 heterocycles. The van der Waals surface area contributed by atoms with Crippen molar-refractivity contribution in [1.29, 1.82) is 0 Å². The molecule has 1 aromatic rings. The molecule has 2 rings (SSSR count). The molecule has 1 fully saturated rings. The smallest absolute Gasteiger partial charge is 0.252 e. The molecule has 20 heavy (non-hydrogen) atoms. The normalized spacial score (nSPS) is 17.6. The first-order chi connectivity index (χ1) is 9.37. The van der Waals surface area contributed by atoms with Crippen LogP contribution < -0.4 is 0 Å². The summed E-state index contributed by atoms with van der Waals surface area (Å²) in [5.74, 6) is 0.492. The average Bonchev–Trinajstić information content (AvgIpc) is 3.17.